The summed E-state index contributed by atoms with van der Waals surface area (Å²) in [6.07, 6.45) is 1.73. The van der Waals surface area contributed by atoms with Gasteiger partial charge in [-0.2, -0.15) is 0 Å². The molecule has 0 aromatic heterocycles. The van der Waals surface area contributed by atoms with Gasteiger partial charge in [0.2, 0.25) is 11.8 Å². The molecule has 0 bridgehead atoms. The minimum absolute atomic E-state index is 0.0155. The number of aryl methyl sites for hydroxylation is 1. The molecular formula is C27H26N2O2. The molecular weight excluding hydrogens is 384 g/mol. The lowest BCUT2D eigenvalue weighted by molar-refractivity contribution is -0.118. The molecule has 4 nitrogen and oxygen atoms in total. The number of benzene rings is 3. The Balaban J connectivity index is 1.25. The van der Waals surface area contributed by atoms with Crippen LogP contribution in [0.2, 0.25) is 0 Å². The SMILES string of the molecule is Cc1ccc(NC(=O)[C@@H]2C[C@@H]2c2ccccc2)c(NC(=O)[C@@H]2C[C@H]2c2ccccc2)c1. The average molecular weight is 411 g/mol. The predicted octanol–water partition coefficient (Wildman–Crippen LogP) is 5.48. The van der Waals surface area contributed by atoms with Crippen LogP contribution in [0.4, 0.5) is 11.4 Å². The number of carbonyl (C=O) groups is 2. The Hall–Kier alpha value is -3.40. The Bertz CT molecular complexity index is 1110. The summed E-state index contributed by atoms with van der Waals surface area (Å²) in [5.41, 5.74) is 4.80. The topological polar surface area (TPSA) is 58.2 Å². The van der Waals surface area contributed by atoms with Crippen LogP contribution < -0.4 is 10.6 Å². The maximum Gasteiger partial charge on any atom is 0.228 e. The largest absolute Gasteiger partial charge is 0.324 e. The molecule has 0 unspecified atom stereocenters. The van der Waals surface area contributed by atoms with E-state index in [9.17, 15) is 9.59 Å². The van der Waals surface area contributed by atoms with Gasteiger partial charge in [0, 0.05) is 11.8 Å². The molecule has 2 saturated carbocycles. The summed E-state index contributed by atoms with van der Waals surface area (Å²) in [7, 11) is 0. The standard InChI is InChI=1S/C27H26N2O2/c1-17-12-13-24(28-26(30)22-15-20(22)18-8-4-2-5-9-18)25(14-17)29-27(31)23-16-21(23)19-10-6-3-7-11-19/h2-14,20-23H,15-16H2,1H3,(H,28,30)(H,29,31)/t20-,21+,22-,23-/m1/s1. The van der Waals surface area contributed by atoms with E-state index in [0.717, 1.165) is 18.4 Å². The van der Waals surface area contributed by atoms with Gasteiger partial charge in [-0.25, -0.2) is 0 Å². The van der Waals surface area contributed by atoms with Gasteiger partial charge in [-0.15, -0.1) is 0 Å². The monoisotopic (exact) mass is 410 g/mol. The van der Waals surface area contributed by atoms with E-state index >= 15 is 0 Å². The first-order valence-corrected chi connectivity index (χ1v) is 10.9. The van der Waals surface area contributed by atoms with E-state index in [1.165, 1.54) is 11.1 Å². The zero-order valence-electron chi connectivity index (χ0n) is 17.5. The zero-order valence-corrected chi connectivity index (χ0v) is 17.5. The van der Waals surface area contributed by atoms with E-state index < -0.39 is 0 Å². The van der Waals surface area contributed by atoms with E-state index in [2.05, 4.69) is 34.9 Å². The third kappa shape index (κ3) is 4.24. The van der Waals surface area contributed by atoms with Gasteiger partial charge in [0.15, 0.2) is 0 Å². The quantitative estimate of drug-likeness (QED) is 0.565. The summed E-state index contributed by atoms with van der Waals surface area (Å²) in [5, 5.41) is 6.12. The lowest BCUT2D eigenvalue weighted by atomic mass is 10.1. The van der Waals surface area contributed by atoms with E-state index in [4.69, 9.17) is 0 Å². The fourth-order valence-electron chi connectivity index (χ4n) is 4.43. The van der Waals surface area contributed by atoms with Gasteiger partial charge >= 0.3 is 0 Å². The lowest BCUT2D eigenvalue weighted by Gasteiger charge is -2.14. The molecule has 0 aliphatic heterocycles. The normalized spacial score (nSPS) is 23.6. The van der Waals surface area contributed by atoms with Crippen molar-refractivity contribution in [1.29, 1.82) is 0 Å². The number of rotatable bonds is 6. The molecule has 4 atom stereocenters. The smallest absolute Gasteiger partial charge is 0.228 e. The molecule has 2 fully saturated rings. The molecule has 2 amide bonds. The number of amides is 2. The van der Waals surface area contributed by atoms with Gasteiger partial charge in [0.1, 0.15) is 0 Å². The Kier molecular flexibility index (Phi) is 5.06. The summed E-state index contributed by atoms with van der Waals surface area (Å²) in [6, 6.07) is 26.1. The van der Waals surface area contributed by atoms with Crippen molar-refractivity contribution in [1.82, 2.24) is 0 Å². The fourth-order valence-corrected chi connectivity index (χ4v) is 4.43. The highest BCUT2D eigenvalue weighted by atomic mass is 16.2. The highest BCUT2D eigenvalue weighted by Gasteiger charge is 2.45. The number of hydrogen-bond donors (Lipinski definition) is 2. The van der Waals surface area contributed by atoms with Crippen molar-refractivity contribution in [2.75, 3.05) is 10.6 Å². The first-order chi connectivity index (χ1) is 15.1. The van der Waals surface area contributed by atoms with Crippen LogP contribution in [-0.4, -0.2) is 11.8 Å². The van der Waals surface area contributed by atoms with Crippen LogP contribution in [0.1, 0.15) is 41.4 Å². The fraction of sp³-hybridized carbons (Fsp3) is 0.259. The zero-order chi connectivity index (χ0) is 21.4. The first-order valence-electron chi connectivity index (χ1n) is 10.9. The Labute approximate surface area is 182 Å². The van der Waals surface area contributed by atoms with E-state index in [1.54, 1.807) is 0 Å². The van der Waals surface area contributed by atoms with Gasteiger partial charge in [-0.05, 0) is 60.4 Å². The van der Waals surface area contributed by atoms with E-state index in [-0.39, 0.29) is 35.5 Å². The third-order valence-corrected chi connectivity index (χ3v) is 6.40. The highest BCUT2D eigenvalue weighted by Crippen LogP contribution is 2.49. The van der Waals surface area contributed by atoms with Gasteiger partial charge in [-0.1, -0.05) is 66.7 Å². The van der Waals surface area contributed by atoms with E-state index in [1.807, 2.05) is 61.5 Å². The molecule has 3 aromatic rings. The summed E-state index contributed by atoms with van der Waals surface area (Å²) < 4.78 is 0. The molecule has 156 valence electrons. The minimum Gasteiger partial charge on any atom is -0.324 e. The molecule has 0 spiro atoms. The van der Waals surface area contributed by atoms with Crippen LogP contribution in [-0.2, 0) is 9.59 Å². The maximum atomic E-state index is 12.9. The molecule has 0 saturated heterocycles. The van der Waals surface area contributed by atoms with Crippen molar-refractivity contribution in [2.24, 2.45) is 11.8 Å². The van der Waals surface area contributed by atoms with Gasteiger partial charge < -0.3 is 10.6 Å². The number of nitrogens with one attached hydrogen (secondary N) is 2. The molecule has 0 heterocycles. The molecule has 3 aromatic carbocycles. The highest BCUT2D eigenvalue weighted by molar-refractivity contribution is 6.02. The molecule has 5 rings (SSSR count). The lowest BCUT2D eigenvalue weighted by Crippen LogP contribution is -2.19. The maximum absolute atomic E-state index is 12.9. The minimum atomic E-state index is -0.0163. The van der Waals surface area contributed by atoms with Crippen LogP contribution >= 0.6 is 0 Å². The average Bonchev–Trinajstić information content (AvgIpc) is 3.70. The molecule has 2 N–H and O–H groups in total. The Morgan fingerprint density at radius 2 is 1.16 bits per heavy atom. The van der Waals surface area contributed by atoms with Crippen LogP contribution in [0.5, 0.6) is 0 Å². The van der Waals surface area contributed by atoms with Crippen molar-refractivity contribution in [3.05, 3.63) is 95.6 Å². The second-order valence-electron chi connectivity index (χ2n) is 8.75. The Morgan fingerprint density at radius 1 is 0.677 bits per heavy atom. The van der Waals surface area contributed by atoms with Crippen molar-refractivity contribution in [2.45, 2.75) is 31.6 Å². The Morgan fingerprint density at radius 3 is 1.68 bits per heavy atom. The van der Waals surface area contributed by atoms with Crippen LogP contribution in [0.3, 0.4) is 0 Å². The van der Waals surface area contributed by atoms with Gasteiger partial charge in [0.05, 0.1) is 11.4 Å². The second kappa shape index (κ2) is 8.03. The summed E-state index contributed by atoms with van der Waals surface area (Å²) in [4.78, 5) is 25.7. The van der Waals surface area contributed by atoms with Crippen LogP contribution in [0, 0.1) is 18.8 Å². The first kappa shape index (κ1) is 19.6. The summed E-state index contributed by atoms with van der Waals surface area (Å²) in [6.45, 7) is 1.98. The van der Waals surface area contributed by atoms with E-state index in [0.29, 0.717) is 11.4 Å². The molecule has 2 aliphatic rings. The predicted molar refractivity (Wildman–Crippen MR) is 123 cm³/mol. The van der Waals surface area contributed by atoms with Crippen molar-refractivity contribution in [3.8, 4) is 0 Å². The van der Waals surface area contributed by atoms with Crippen molar-refractivity contribution in [3.63, 3.8) is 0 Å². The van der Waals surface area contributed by atoms with Gasteiger partial charge in [0.25, 0.3) is 0 Å². The molecule has 31 heavy (non-hydrogen) atoms. The number of carbonyl (C=O) groups excluding carboxylic acids is 2. The second-order valence-corrected chi connectivity index (χ2v) is 8.75. The van der Waals surface area contributed by atoms with Crippen molar-refractivity contribution < 1.29 is 9.59 Å². The number of hydrogen-bond acceptors (Lipinski definition) is 2. The van der Waals surface area contributed by atoms with Gasteiger partial charge in [-0.3, -0.25) is 9.59 Å². The third-order valence-electron chi connectivity index (χ3n) is 6.40. The molecule has 0 radical (unpaired) electrons. The van der Waals surface area contributed by atoms with Crippen molar-refractivity contribution >= 4 is 23.2 Å². The molecule has 4 heteroatoms. The van der Waals surface area contributed by atoms with Crippen LogP contribution in [0.25, 0.3) is 0 Å². The molecule has 2 aliphatic carbocycles. The summed E-state index contributed by atoms with van der Waals surface area (Å²) >= 11 is 0. The van der Waals surface area contributed by atoms with Crippen LogP contribution in [0.15, 0.2) is 78.9 Å². The number of anilines is 2. The summed E-state index contributed by atoms with van der Waals surface area (Å²) in [5.74, 6) is 0.561.